The molecule has 2 rings (SSSR count). The Morgan fingerprint density at radius 3 is 3.19 bits per heavy atom. The van der Waals surface area contributed by atoms with E-state index >= 15 is 0 Å². The average Bonchev–Trinajstić information content (AvgIpc) is 2.96. The molecule has 1 unspecified atom stereocenters. The zero-order valence-corrected chi connectivity index (χ0v) is 9.89. The first-order valence-electron chi connectivity index (χ1n) is 5.46. The summed E-state index contributed by atoms with van der Waals surface area (Å²) in [5, 5.41) is 7.69. The van der Waals surface area contributed by atoms with E-state index in [1.54, 1.807) is 11.3 Å². The molecule has 1 aliphatic rings. The topological polar surface area (TPSA) is 50.4 Å². The third kappa shape index (κ3) is 3.50. The van der Waals surface area contributed by atoms with Gasteiger partial charge in [0.2, 0.25) is 0 Å². The van der Waals surface area contributed by atoms with E-state index in [-0.39, 0.29) is 6.03 Å². The third-order valence-corrected chi connectivity index (χ3v) is 3.45. The molecule has 2 N–H and O–H groups in total. The van der Waals surface area contributed by atoms with Crippen LogP contribution in [0.5, 0.6) is 0 Å². The molecule has 1 fully saturated rings. The van der Waals surface area contributed by atoms with Crippen LogP contribution in [0.3, 0.4) is 0 Å². The van der Waals surface area contributed by atoms with Crippen molar-refractivity contribution >= 4 is 17.4 Å². The summed E-state index contributed by atoms with van der Waals surface area (Å²) in [4.78, 5) is 12.6. The molecule has 4 nitrogen and oxygen atoms in total. The van der Waals surface area contributed by atoms with E-state index in [4.69, 9.17) is 4.74 Å². The number of ether oxygens (including phenoxy) is 1. The molecule has 0 aromatic carbocycles. The van der Waals surface area contributed by atoms with E-state index in [2.05, 4.69) is 10.6 Å². The SMILES string of the molecule is O=C(NCc1cccs1)NCC1CCOC1. The van der Waals surface area contributed by atoms with Crippen molar-refractivity contribution in [1.82, 2.24) is 10.6 Å². The minimum atomic E-state index is -0.0969. The Hall–Kier alpha value is -1.07. The van der Waals surface area contributed by atoms with Gasteiger partial charge in [0.1, 0.15) is 0 Å². The van der Waals surface area contributed by atoms with Crippen LogP contribution < -0.4 is 10.6 Å². The molecular weight excluding hydrogens is 224 g/mol. The number of amides is 2. The first-order valence-corrected chi connectivity index (χ1v) is 6.34. The van der Waals surface area contributed by atoms with E-state index in [9.17, 15) is 4.79 Å². The quantitative estimate of drug-likeness (QED) is 0.839. The van der Waals surface area contributed by atoms with E-state index in [0.29, 0.717) is 19.0 Å². The van der Waals surface area contributed by atoms with Crippen LogP contribution in [0.25, 0.3) is 0 Å². The Bertz CT molecular complexity index is 321. The largest absolute Gasteiger partial charge is 0.381 e. The van der Waals surface area contributed by atoms with Gasteiger partial charge in [-0.25, -0.2) is 4.79 Å². The highest BCUT2D eigenvalue weighted by molar-refractivity contribution is 7.09. The molecule has 5 heteroatoms. The maximum Gasteiger partial charge on any atom is 0.315 e. The summed E-state index contributed by atoms with van der Waals surface area (Å²) in [6.07, 6.45) is 1.05. The van der Waals surface area contributed by atoms with Crippen LogP contribution in [0, 0.1) is 5.92 Å². The van der Waals surface area contributed by atoms with Gasteiger partial charge in [-0.15, -0.1) is 11.3 Å². The normalized spacial score (nSPS) is 19.6. The first kappa shape index (κ1) is 11.4. The summed E-state index contributed by atoms with van der Waals surface area (Å²) in [6, 6.07) is 3.89. The number of urea groups is 1. The number of rotatable bonds is 4. The Morgan fingerprint density at radius 1 is 1.56 bits per heavy atom. The first-order chi connectivity index (χ1) is 7.84. The van der Waals surface area contributed by atoms with Gasteiger partial charge in [0, 0.05) is 23.9 Å². The molecule has 1 saturated heterocycles. The molecule has 0 saturated carbocycles. The van der Waals surface area contributed by atoms with Crippen LogP contribution in [0.2, 0.25) is 0 Å². The molecule has 0 radical (unpaired) electrons. The Kier molecular flexibility index (Phi) is 4.18. The van der Waals surface area contributed by atoms with Crippen molar-refractivity contribution in [3.63, 3.8) is 0 Å². The highest BCUT2D eigenvalue weighted by Gasteiger charge is 2.15. The van der Waals surface area contributed by atoms with Gasteiger partial charge in [-0.1, -0.05) is 6.07 Å². The maximum atomic E-state index is 11.4. The van der Waals surface area contributed by atoms with Crippen molar-refractivity contribution in [1.29, 1.82) is 0 Å². The van der Waals surface area contributed by atoms with Crippen molar-refractivity contribution in [3.8, 4) is 0 Å². The lowest BCUT2D eigenvalue weighted by Gasteiger charge is -2.10. The van der Waals surface area contributed by atoms with Gasteiger partial charge in [0.25, 0.3) is 0 Å². The number of nitrogens with one attached hydrogen (secondary N) is 2. The minimum absolute atomic E-state index is 0.0969. The summed E-state index contributed by atoms with van der Waals surface area (Å²) >= 11 is 1.65. The molecule has 2 amide bonds. The third-order valence-electron chi connectivity index (χ3n) is 2.58. The van der Waals surface area contributed by atoms with Gasteiger partial charge in [-0.2, -0.15) is 0 Å². The fraction of sp³-hybridized carbons (Fsp3) is 0.545. The lowest BCUT2D eigenvalue weighted by atomic mass is 10.1. The van der Waals surface area contributed by atoms with Gasteiger partial charge in [-0.3, -0.25) is 0 Å². The molecule has 1 aromatic heterocycles. The highest BCUT2D eigenvalue weighted by Crippen LogP contribution is 2.10. The van der Waals surface area contributed by atoms with Gasteiger partial charge in [0.15, 0.2) is 0 Å². The number of thiophene rings is 1. The number of hydrogen-bond donors (Lipinski definition) is 2. The second-order valence-electron chi connectivity index (χ2n) is 3.87. The van der Waals surface area contributed by atoms with Crippen molar-refractivity contribution < 1.29 is 9.53 Å². The summed E-state index contributed by atoms with van der Waals surface area (Å²) in [5.41, 5.74) is 0. The van der Waals surface area contributed by atoms with Gasteiger partial charge in [-0.05, 0) is 17.9 Å². The van der Waals surface area contributed by atoms with Crippen molar-refractivity contribution in [2.75, 3.05) is 19.8 Å². The van der Waals surface area contributed by atoms with Crippen molar-refractivity contribution in [2.24, 2.45) is 5.92 Å². The number of carbonyl (C=O) groups excluding carboxylic acids is 1. The van der Waals surface area contributed by atoms with Crippen LogP contribution in [-0.4, -0.2) is 25.8 Å². The second-order valence-corrected chi connectivity index (χ2v) is 4.90. The molecule has 1 aromatic rings. The van der Waals surface area contributed by atoms with Crippen molar-refractivity contribution in [2.45, 2.75) is 13.0 Å². The average molecular weight is 240 g/mol. The molecule has 88 valence electrons. The zero-order chi connectivity index (χ0) is 11.2. The summed E-state index contributed by atoms with van der Waals surface area (Å²) in [7, 11) is 0. The van der Waals surface area contributed by atoms with Crippen molar-refractivity contribution in [3.05, 3.63) is 22.4 Å². The lowest BCUT2D eigenvalue weighted by Crippen LogP contribution is -2.37. The molecular formula is C11H16N2O2S. The molecule has 0 bridgehead atoms. The van der Waals surface area contributed by atoms with E-state index < -0.39 is 0 Å². The van der Waals surface area contributed by atoms with Gasteiger partial charge in [0.05, 0.1) is 13.2 Å². The van der Waals surface area contributed by atoms with Crippen LogP contribution >= 0.6 is 11.3 Å². The van der Waals surface area contributed by atoms with Gasteiger partial charge < -0.3 is 15.4 Å². The minimum Gasteiger partial charge on any atom is -0.381 e. The summed E-state index contributed by atoms with van der Waals surface area (Å²) in [6.45, 7) is 2.90. The van der Waals surface area contributed by atoms with Crippen LogP contribution in [0.4, 0.5) is 4.79 Å². The van der Waals surface area contributed by atoms with Gasteiger partial charge >= 0.3 is 6.03 Å². The fourth-order valence-electron chi connectivity index (χ4n) is 1.62. The van der Waals surface area contributed by atoms with Crippen LogP contribution in [0.1, 0.15) is 11.3 Å². The Balaban J connectivity index is 1.60. The smallest absolute Gasteiger partial charge is 0.315 e. The highest BCUT2D eigenvalue weighted by atomic mass is 32.1. The predicted molar refractivity (Wildman–Crippen MR) is 63.5 cm³/mol. The second kappa shape index (κ2) is 5.86. The molecule has 16 heavy (non-hydrogen) atoms. The maximum absolute atomic E-state index is 11.4. The molecule has 0 aliphatic carbocycles. The number of carbonyl (C=O) groups is 1. The standard InChI is InChI=1S/C11H16N2O2S/c14-11(12-6-9-3-4-15-8-9)13-7-10-2-1-5-16-10/h1-2,5,9H,3-4,6-8H2,(H2,12,13,14). The lowest BCUT2D eigenvalue weighted by molar-refractivity contribution is 0.185. The zero-order valence-electron chi connectivity index (χ0n) is 9.07. The van der Waals surface area contributed by atoms with E-state index in [1.165, 1.54) is 4.88 Å². The Labute approximate surface area is 99.0 Å². The fourth-order valence-corrected chi connectivity index (χ4v) is 2.27. The van der Waals surface area contributed by atoms with E-state index in [1.807, 2.05) is 17.5 Å². The number of hydrogen-bond acceptors (Lipinski definition) is 3. The molecule has 2 heterocycles. The monoisotopic (exact) mass is 240 g/mol. The predicted octanol–water partition coefficient (Wildman–Crippen LogP) is 1.58. The van der Waals surface area contributed by atoms with E-state index in [0.717, 1.165) is 19.6 Å². The molecule has 1 atom stereocenters. The van der Waals surface area contributed by atoms with Crippen LogP contribution in [0.15, 0.2) is 17.5 Å². The molecule has 1 aliphatic heterocycles. The summed E-state index contributed by atoms with van der Waals surface area (Å²) < 4.78 is 5.24. The molecule has 0 spiro atoms. The summed E-state index contributed by atoms with van der Waals surface area (Å²) in [5.74, 6) is 0.479. The Morgan fingerprint density at radius 2 is 2.50 bits per heavy atom. The van der Waals surface area contributed by atoms with Crippen LogP contribution in [-0.2, 0) is 11.3 Å².